The fraction of sp³-hybridized carbons (Fsp3) is 0.143. The molecule has 2 aromatic heterocycles. The summed E-state index contributed by atoms with van der Waals surface area (Å²) in [5.74, 6) is 2.53. The zero-order valence-corrected chi connectivity index (χ0v) is 19.5. The molecule has 0 aliphatic rings. The summed E-state index contributed by atoms with van der Waals surface area (Å²) in [4.78, 5) is 17.6. The highest BCUT2D eigenvalue weighted by Gasteiger charge is 2.23. The Morgan fingerprint density at radius 3 is 2.66 bits per heavy atom. The normalized spacial score (nSPS) is 11.8. The lowest BCUT2D eigenvalue weighted by Gasteiger charge is -2.19. The van der Waals surface area contributed by atoms with Gasteiger partial charge in [-0.05, 0) is 52.7 Å². The highest BCUT2D eigenvalue weighted by molar-refractivity contribution is 5.92. The van der Waals surface area contributed by atoms with Crippen LogP contribution in [0.4, 0.5) is 0 Å². The number of aromatic nitrogens is 2. The first-order chi connectivity index (χ1) is 17.1. The smallest absolute Gasteiger partial charge is 0.287 e. The van der Waals surface area contributed by atoms with Crippen LogP contribution in [0, 0.1) is 0 Å². The fourth-order valence-electron chi connectivity index (χ4n) is 3.96. The molecule has 1 atom stereocenters. The molecule has 0 saturated carbocycles. The zero-order chi connectivity index (χ0) is 24.2. The summed E-state index contributed by atoms with van der Waals surface area (Å²) < 4.78 is 18.9. The van der Waals surface area contributed by atoms with Crippen molar-refractivity contribution in [1.29, 1.82) is 0 Å². The third kappa shape index (κ3) is 4.89. The van der Waals surface area contributed by atoms with E-state index < -0.39 is 6.04 Å². The van der Waals surface area contributed by atoms with Gasteiger partial charge in [0.25, 0.3) is 5.91 Å². The van der Waals surface area contributed by atoms with Gasteiger partial charge in [-0.15, -0.1) is 0 Å². The summed E-state index contributed by atoms with van der Waals surface area (Å²) in [7, 11) is 3.49. The first-order valence-corrected chi connectivity index (χ1v) is 11.2. The van der Waals surface area contributed by atoms with Crippen molar-refractivity contribution in [2.75, 3.05) is 7.11 Å². The summed E-state index contributed by atoms with van der Waals surface area (Å²) in [6, 6.07) is 24.5. The van der Waals surface area contributed by atoms with E-state index in [4.69, 9.17) is 13.9 Å². The second-order valence-corrected chi connectivity index (χ2v) is 8.14. The summed E-state index contributed by atoms with van der Waals surface area (Å²) in [6.07, 6.45) is 3.54. The van der Waals surface area contributed by atoms with Gasteiger partial charge in [-0.1, -0.05) is 42.5 Å². The van der Waals surface area contributed by atoms with Gasteiger partial charge in [0.05, 0.1) is 7.11 Å². The number of fused-ring (bicyclic) bond motifs is 1. The minimum atomic E-state index is -0.486. The van der Waals surface area contributed by atoms with E-state index in [1.54, 1.807) is 25.4 Å². The van der Waals surface area contributed by atoms with E-state index in [-0.39, 0.29) is 18.3 Å². The number of carbonyl (C=O) groups excluding carboxylic acids is 1. The van der Waals surface area contributed by atoms with Crippen molar-refractivity contribution in [3.8, 4) is 11.5 Å². The number of methoxy groups -OCH3 is 1. The van der Waals surface area contributed by atoms with E-state index in [1.807, 2.05) is 78.5 Å². The number of ether oxygens (including phenoxy) is 2. The SMILES string of the molecule is COc1cccc(C(NC(=O)c2ccc(COc3ccc4ccccc4c3)o2)c2nccn2C)c1. The lowest BCUT2D eigenvalue weighted by molar-refractivity contribution is 0.0909. The molecule has 0 bridgehead atoms. The number of nitrogens with zero attached hydrogens (tertiary/aromatic N) is 2. The maximum Gasteiger partial charge on any atom is 0.287 e. The molecular weight excluding hydrogens is 442 g/mol. The van der Waals surface area contributed by atoms with Crippen LogP contribution in [0.15, 0.2) is 95.7 Å². The Bertz CT molecular complexity index is 1470. The van der Waals surface area contributed by atoms with Crippen LogP contribution in [0.2, 0.25) is 0 Å². The summed E-state index contributed by atoms with van der Waals surface area (Å²) in [5.41, 5.74) is 0.846. The molecule has 35 heavy (non-hydrogen) atoms. The number of imidazole rings is 1. The van der Waals surface area contributed by atoms with Crippen molar-refractivity contribution in [2.45, 2.75) is 12.6 Å². The largest absolute Gasteiger partial charge is 0.497 e. The number of benzene rings is 3. The van der Waals surface area contributed by atoms with E-state index in [1.165, 1.54) is 0 Å². The van der Waals surface area contributed by atoms with Crippen LogP contribution in [0.1, 0.15) is 33.7 Å². The maximum absolute atomic E-state index is 13.1. The molecule has 0 aliphatic heterocycles. The van der Waals surface area contributed by atoms with Gasteiger partial charge >= 0.3 is 0 Å². The molecule has 5 aromatic rings. The van der Waals surface area contributed by atoms with Crippen molar-refractivity contribution in [3.05, 3.63) is 114 Å². The molecule has 7 nitrogen and oxygen atoms in total. The second kappa shape index (κ2) is 9.77. The first kappa shape index (κ1) is 22.3. The molecule has 0 spiro atoms. The molecule has 0 fully saturated rings. The van der Waals surface area contributed by atoms with Gasteiger partial charge < -0.3 is 23.8 Å². The molecule has 0 radical (unpaired) electrons. The number of furan rings is 1. The number of aryl methyl sites for hydroxylation is 1. The third-order valence-corrected chi connectivity index (χ3v) is 5.81. The maximum atomic E-state index is 13.1. The van der Waals surface area contributed by atoms with Gasteiger partial charge in [0.15, 0.2) is 5.76 Å². The van der Waals surface area contributed by atoms with Crippen LogP contribution < -0.4 is 14.8 Å². The van der Waals surface area contributed by atoms with Crippen LogP contribution in [0.3, 0.4) is 0 Å². The minimum absolute atomic E-state index is 0.198. The van der Waals surface area contributed by atoms with Gasteiger partial charge in [-0.2, -0.15) is 0 Å². The monoisotopic (exact) mass is 467 g/mol. The Balaban J connectivity index is 1.31. The first-order valence-electron chi connectivity index (χ1n) is 11.2. The Morgan fingerprint density at radius 2 is 1.86 bits per heavy atom. The van der Waals surface area contributed by atoms with Gasteiger partial charge in [-0.25, -0.2) is 4.98 Å². The molecule has 1 unspecified atom stereocenters. The highest BCUT2D eigenvalue weighted by atomic mass is 16.5. The van der Waals surface area contributed by atoms with E-state index in [0.717, 1.165) is 22.1 Å². The molecule has 5 rings (SSSR count). The van der Waals surface area contributed by atoms with E-state index >= 15 is 0 Å². The van der Waals surface area contributed by atoms with Gasteiger partial charge in [0, 0.05) is 19.4 Å². The van der Waals surface area contributed by atoms with Crippen molar-refractivity contribution in [3.63, 3.8) is 0 Å². The second-order valence-electron chi connectivity index (χ2n) is 8.14. The molecule has 1 amide bonds. The lowest BCUT2D eigenvalue weighted by atomic mass is 10.1. The Labute approximate surface area is 202 Å². The van der Waals surface area contributed by atoms with Gasteiger partial charge in [-0.3, -0.25) is 4.79 Å². The fourth-order valence-corrected chi connectivity index (χ4v) is 3.96. The predicted octanol–water partition coefficient (Wildman–Crippen LogP) is 5.27. The number of hydrogen-bond acceptors (Lipinski definition) is 5. The number of hydrogen-bond donors (Lipinski definition) is 1. The van der Waals surface area contributed by atoms with Crippen LogP contribution in [-0.2, 0) is 13.7 Å². The number of rotatable bonds is 8. The van der Waals surface area contributed by atoms with E-state index in [0.29, 0.717) is 17.3 Å². The van der Waals surface area contributed by atoms with Gasteiger partial charge in [0.2, 0.25) is 0 Å². The van der Waals surface area contributed by atoms with Crippen molar-refractivity contribution in [2.24, 2.45) is 7.05 Å². The molecule has 0 saturated heterocycles. The molecule has 176 valence electrons. The third-order valence-electron chi connectivity index (χ3n) is 5.81. The number of nitrogens with one attached hydrogen (secondary N) is 1. The Kier molecular flexibility index (Phi) is 6.22. The molecule has 3 aromatic carbocycles. The average molecular weight is 468 g/mol. The average Bonchev–Trinajstić information content (AvgIpc) is 3.55. The van der Waals surface area contributed by atoms with Crippen molar-refractivity contribution < 1.29 is 18.7 Å². The van der Waals surface area contributed by atoms with Crippen LogP contribution in [0.5, 0.6) is 11.5 Å². The number of carbonyl (C=O) groups is 1. The Hall–Kier alpha value is -4.52. The van der Waals surface area contributed by atoms with Crippen LogP contribution in [0.25, 0.3) is 10.8 Å². The summed E-state index contributed by atoms with van der Waals surface area (Å²) in [5, 5.41) is 5.29. The topological polar surface area (TPSA) is 78.5 Å². The highest BCUT2D eigenvalue weighted by Crippen LogP contribution is 2.25. The summed E-state index contributed by atoms with van der Waals surface area (Å²) in [6.45, 7) is 0.213. The number of amides is 1. The van der Waals surface area contributed by atoms with Gasteiger partial charge in [0.1, 0.15) is 35.7 Å². The van der Waals surface area contributed by atoms with Crippen LogP contribution >= 0.6 is 0 Å². The molecule has 0 aliphatic carbocycles. The Morgan fingerprint density at radius 1 is 1.00 bits per heavy atom. The molecule has 7 heteroatoms. The minimum Gasteiger partial charge on any atom is -0.497 e. The standard InChI is InChI=1S/C28H25N3O4/c1-31-15-14-29-27(31)26(21-8-5-9-22(17-21)33-2)30-28(32)25-13-12-24(35-25)18-34-23-11-10-19-6-3-4-7-20(19)16-23/h3-17,26H,18H2,1-2H3,(H,30,32). The van der Waals surface area contributed by atoms with Crippen molar-refractivity contribution in [1.82, 2.24) is 14.9 Å². The molecule has 1 N–H and O–H groups in total. The van der Waals surface area contributed by atoms with E-state index in [2.05, 4.69) is 16.4 Å². The quantitative estimate of drug-likeness (QED) is 0.336. The molecular formula is C28H25N3O4. The van der Waals surface area contributed by atoms with Crippen molar-refractivity contribution >= 4 is 16.7 Å². The zero-order valence-electron chi connectivity index (χ0n) is 19.5. The summed E-state index contributed by atoms with van der Waals surface area (Å²) >= 11 is 0. The lowest BCUT2D eigenvalue weighted by Crippen LogP contribution is -2.30. The van der Waals surface area contributed by atoms with E-state index in [9.17, 15) is 4.79 Å². The predicted molar refractivity (Wildman–Crippen MR) is 132 cm³/mol. The molecule has 2 heterocycles. The van der Waals surface area contributed by atoms with Crippen LogP contribution in [-0.4, -0.2) is 22.6 Å².